The van der Waals surface area contributed by atoms with E-state index in [-0.39, 0.29) is 5.56 Å². The van der Waals surface area contributed by atoms with Gasteiger partial charge in [-0.05, 0) is 39.9 Å². The topological polar surface area (TPSA) is 59.2 Å². The number of ether oxygens (including phenoxy) is 1. The van der Waals surface area contributed by atoms with Crippen LogP contribution in [0.25, 0.3) is 0 Å². The Morgan fingerprint density at radius 3 is 2.50 bits per heavy atom. The molecule has 0 radical (unpaired) electrons. The first-order valence-corrected chi connectivity index (χ1v) is 8.61. The summed E-state index contributed by atoms with van der Waals surface area (Å²) < 4.78 is 5.25. The molecule has 0 aliphatic rings. The second-order valence-corrected chi connectivity index (χ2v) is 6.06. The zero-order valence-electron chi connectivity index (χ0n) is 12.0. The lowest BCUT2D eigenvalue weighted by Crippen LogP contribution is -2.20. The second-order valence-electron chi connectivity index (χ2n) is 4.71. The van der Waals surface area contributed by atoms with Crippen LogP contribution >= 0.6 is 31.9 Å². The Morgan fingerprint density at radius 1 is 1.23 bits per heavy atom. The van der Waals surface area contributed by atoms with Gasteiger partial charge in [-0.1, -0.05) is 46.3 Å². The Labute approximate surface area is 145 Å². The summed E-state index contributed by atoms with van der Waals surface area (Å²) in [5, 5.41) is 0.373. The predicted molar refractivity (Wildman–Crippen MR) is 92.6 cm³/mol. The van der Waals surface area contributed by atoms with E-state index in [0.717, 1.165) is 12.0 Å². The maximum atomic E-state index is 12.1. The first kappa shape index (κ1) is 17.0. The van der Waals surface area contributed by atoms with Crippen LogP contribution in [0.1, 0.15) is 27.2 Å². The summed E-state index contributed by atoms with van der Waals surface area (Å²) in [6.07, 6.45) is 1.30. The highest BCUT2D eigenvalue weighted by atomic mass is 79.9. The van der Waals surface area contributed by atoms with Gasteiger partial charge in [0.15, 0.2) is 0 Å². The monoisotopic (exact) mass is 427 g/mol. The van der Waals surface area contributed by atoms with Gasteiger partial charge in [0.2, 0.25) is 0 Å². The third-order valence-electron chi connectivity index (χ3n) is 3.36. The van der Waals surface area contributed by atoms with Gasteiger partial charge in [0, 0.05) is 11.0 Å². The molecule has 1 N–H and O–H groups in total. The molecule has 4 nitrogen and oxygen atoms in total. The molecule has 0 saturated carbocycles. The van der Waals surface area contributed by atoms with E-state index < -0.39 is 5.97 Å². The molecule has 6 heteroatoms. The number of methoxy groups -OCH3 is 1. The fourth-order valence-corrected chi connectivity index (χ4v) is 3.20. The number of carbonyl (C=O) groups excluding carboxylic acids is 1. The molecule has 0 unspecified atom stereocenters. The molecule has 0 saturated heterocycles. The van der Waals surface area contributed by atoms with Crippen molar-refractivity contribution >= 4 is 37.8 Å². The third kappa shape index (κ3) is 3.67. The van der Waals surface area contributed by atoms with E-state index in [9.17, 15) is 9.59 Å². The van der Waals surface area contributed by atoms with Gasteiger partial charge >= 0.3 is 5.97 Å². The molecular weight excluding hydrogens is 414 g/mol. The normalized spacial score (nSPS) is 10.5. The summed E-state index contributed by atoms with van der Waals surface area (Å²) in [6, 6.07) is 9.92. The molecule has 1 aromatic heterocycles. The molecule has 0 fully saturated rings. The van der Waals surface area contributed by atoms with Crippen LogP contribution in [0.4, 0.5) is 0 Å². The van der Waals surface area contributed by atoms with Crippen LogP contribution in [-0.4, -0.2) is 18.1 Å². The van der Waals surface area contributed by atoms with E-state index in [4.69, 9.17) is 4.74 Å². The minimum atomic E-state index is -0.450. The maximum absolute atomic E-state index is 12.1. The predicted octanol–water partition coefficient (Wildman–Crippen LogP) is 3.60. The number of halogens is 2. The van der Waals surface area contributed by atoms with Crippen molar-refractivity contribution in [1.82, 2.24) is 4.98 Å². The van der Waals surface area contributed by atoms with E-state index in [2.05, 4.69) is 36.8 Å². The summed E-state index contributed by atoms with van der Waals surface area (Å²) in [4.78, 5) is 26.8. The second kappa shape index (κ2) is 7.74. The summed E-state index contributed by atoms with van der Waals surface area (Å²) in [7, 11) is 1.33. The van der Waals surface area contributed by atoms with Crippen LogP contribution in [0.5, 0.6) is 0 Å². The number of H-pyrrole nitrogens is 1. The van der Waals surface area contributed by atoms with Crippen LogP contribution in [0.3, 0.4) is 0 Å². The van der Waals surface area contributed by atoms with Crippen molar-refractivity contribution in [3.8, 4) is 0 Å². The van der Waals surface area contributed by atoms with Crippen LogP contribution in [0, 0.1) is 0 Å². The van der Waals surface area contributed by atoms with Gasteiger partial charge in [-0.3, -0.25) is 4.79 Å². The molecule has 116 valence electrons. The molecule has 1 aromatic carbocycles. The first-order valence-electron chi connectivity index (χ1n) is 6.70. The number of aryl methyl sites for hydroxylation is 1. The van der Waals surface area contributed by atoms with Gasteiger partial charge in [0.1, 0.15) is 0 Å². The quantitative estimate of drug-likeness (QED) is 0.584. The number of pyridine rings is 1. The molecule has 0 atom stereocenters. The van der Waals surface area contributed by atoms with E-state index >= 15 is 0 Å². The van der Waals surface area contributed by atoms with Crippen LogP contribution < -0.4 is 5.56 Å². The van der Waals surface area contributed by atoms with E-state index in [1.165, 1.54) is 7.11 Å². The number of carbonyl (C=O) groups is 1. The molecule has 0 spiro atoms. The Morgan fingerprint density at radius 2 is 1.91 bits per heavy atom. The van der Waals surface area contributed by atoms with Gasteiger partial charge in [-0.25, -0.2) is 4.79 Å². The van der Waals surface area contributed by atoms with Crippen molar-refractivity contribution in [2.75, 3.05) is 7.11 Å². The highest BCUT2D eigenvalue weighted by molar-refractivity contribution is 9.10. The number of nitrogens with one attached hydrogen (secondary N) is 1. The first-order chi connectivity index (χ1) is 10.6. The van der Waals surface area contributed by atoms with Crippen molar-refractivity contribution in [1.29, 1.82) is 0 Å². The highest BCUT2D eigenvalue weighted by Gasteiger charge is 2.21. The number of aromatic nitrogens is 1. The summed E-state index contributed by atoms with van der Waals surface area (Å²) in [5.74, 6) is -0.450. The summed E-state index contributed by atoms with van der Waals surface area (Å²) >= 11 is 6.60. The highest BCUT2D eigenvalue weighted by Crippen LogP contribution is 2.23. The average Bonchev–Trinajstić information content (AvgIpc) is 2.55. The molecular formula is C16H15Br2NO3. The molecule has 0 bridgehead atoms. The molecule has 0 aliphatic carbocycles. The Kier molecular flexibility index (Phi) is 5.97. The Hall–Kier alpha value is -1.40. The molecule has 0 amide bonds. The van der Waals surface area contributed by atoms with E-state index in [1.807, 2.05) is 30.3 Å². The third-order valence-corrected chi connectivity index (χ3v) is 4.76. The van der Waals surface area contributed by atoms with E-state index in [0.29, 0.717) is 33.0 Å². The van der Waals surface area contributed by atoms with Crippen LogP contribution in [0.2, 0.25) is 0 Å². The Balaban J connectivity index is 2.45. The van der Waals surface area contributed by atoms with Gasteiger partial charge in [0.05, 0.1) is 17.1 Å². The lowest BCUT2D eigenvalue weighted by atomic mass is 9.99. The standard InChI is InChI=1S/C16H15Br2NO3/c1-22-16(21)13-11(8-7-10-5-3-2-4-6-10)14(18)15(20)19-12(13)9-17/h2-6H,7-9H2,1H3,(H,19,20). The fourth-order valence-electron chi connectivity index (χ4n) is 2.28. The number of hydrogen-bond acceptors (Lipinski definition) is 3. The Bertz CT molecular complexity index is 726. The lowest BCUT2D eigenvalue weighted by Gasteiger charge is -2.13. The minimum absolute atomic E-state index is 0.245. The zero-order chi connectivity index (χ0) is 16.1. The van der Waals surface area contributed by atoms with Gasteiger partial charge in [-0.15, -0.1) is 0 Å². The van der Waals surface area contributed by atoms with Gasteiger partial charge in [-0.2, -0.15) is 0 Å². The van der Waals surface area contributed by atoms with Crippen LogP contribution in [-0.2, 0) is 22.9 Å². The zero-order valence-corrected chi connectivity index (χ0v) is 15.2. The smallest absolute Gasteiger partial charge is 0.339 e. The number of benzene rings is 1. The minimum Gasteiger partial charge on any atom is -0.465 e. The molecule has 2 rings (SSSR count). The fraction of sp³-hybridized carbons (Fsp3) is 0.250. The van der Waals surface area contributed by atoms with E-state index in [1.54, 1.807) is 0 Å². The lowest BCUT2D eigenvalue weighted by molar-refractivity contribution is 0.0598. The largest absolute Gasteiger partial charge is 0.465 e. The number of rotatable bonds is 5. The number of alkyl halides is 1. The van der Waals surface area contributed by atoms with Crippen molar-refractivity contribution in [3.05, 3.63) is 67.5 Å². The molecule has 1 heterocycles. The van der Waals surface area contributed by atoms with Gasteiger partial charge < -0.3 is 9.72 Å². The van der Waals surface area contributed by atoms with Crippen molar-refractivity contribution < 1.29 is 9.53 Å². The van der Waals surface area contributed by atoms with Crippen molar-refractivity contribution in [2.45, 2.75) is 18.2 Å². The SMILES string of the molecule is COC(=O)c1c(CBr)[nH]c(=O)c(Br)c1CCc1ccccc1. The molecule has 2 aromatic rings. The number of esters is 1. The maximum Gasteiger partial charge on any atom is 0.339 e. The number of aromatic amines is 1. The molecule has 0 aliphatic heterocycles. The van der Waals surface area contributed by atoms with Crippen molar-refractivity contribution in [2.24, 2.45) is 0 Å². The van der Waals surface area contributed by atoms with Gasteiger partial charge in [0.25, 0.3) is 5.56 Å². The summed E-state index contributed by atoms with van der Waals surface area (Å²) in [6.45, 7) is 0. The molecule has 22 heavy (non-hydrogen) atoms. The van der Waals surface area contributed by atoms with Crippen molar-refractivity contribution in [3.63, 3.8) is 0 Å². The summed E-state index contributed by atoms with van der Waals surface area (Å²) in [5.41, 5.74) is 2.52. The van der Waals surface area contributed by atoms with Crippen LogP contribution in [0.15, 0.2) is 39.6 Å². The number of hydrogen-bond donors (Lipinski definition) is 1. The average molecular weight is 429 g/mol.